The van der Waals surface area contributed by atoms with Gasteiger partial charge in [-0.15, -0.1) is 0 Å². The smallest absolute Gasteiger partial charge is 0.0490 e. The molecule has 0 amide bonds. The van der Waals surface area contributed by atoms with Crippen molar-refractivity contribution in [1.82, 2.24) is 4.90 Å². The molecule has 82 valence electrons. The second-order valence-corrected chi connectivity index (χ2v) is 5.19. The first kappa shape index (κ1) is 10.4. The van der Waals surface area contributed by atoms with Crippen LogP contribution in [-0.4, -0.2) is 37.7 Å². The topological polar surface area (TPSA) is 12.5 Å². The van der Waals surface area contributed by atoms with E-state index in [2.05, 4.69) is 11.8 Å². The number of likely N-dealkylation sites (tertiary alicyclic amines) is 1. The van der Waals surface area contributed by atoms with Crippen molar-refractivity contribution in [2.75, 3.05) is 26.8 Å². The number of rotatable bonds is 3. The van der Waals surface area contributed by atoms with E-state index in [1.807, 2.05) is 7.11 Å². The van der Waals surface area contributed by atoms with Gasteiger partial charge < -0.3 is 4.74 Å². The summed E-state index contributed by atoms with van der Waals surface area (Å²) in [6, 6.07) is 0.902. The molecule has 1 aliphatic carbocycles. The Labute approximate surface area is 87.6 Å². The van der Waals surface area contributed by atoms with E-state index in [0.717, 1.165) is 24.5 Å². The van der Waals surface area contributed by atoms with Crippen LogP contribution in [0.15, 0.2) is 0 Å². The Bertz CT molecular complexity index is 169. The molecule has 2 heteroatoms. The molecule has 2 aliphatic rings. The Hall–Kier alpha value is -0.0800. The molecule has 0 N–H and O–H groups in total. The van der Waals surface area contributed by atoms with Gasteiger partial charge in [-0.25, -0.2) is 0 Å². The standard InChI is InChI=1S/C12H23NO/c1-10-7-13(8-10)12-5-3-11(4-6-12)9-14-2/h10-12H,3-9H2,1-2H3. The predicted octanol–water partition coefficient (Wildman–Crippen LogP) is 2.14. The summed E-state index contributed by atoms with van der Waals surface area (Å²) in [5, 5.41) is 0. The molecule has 2 rings (SSSR count). The van der Waals surface area contributed by atoms with E-state index in [4.69, 9.17) is 4.74 Å². The zero-order valence-corrected chi connectivity index (χ0v) is 9.54. The molecule has 0 aromatic carbocycles. The molecule has 0 unspecified atom stereocenters. The predicted molar refractivity (Wildman–Crippen MR) is 58.4 cm³/mol. The van der Waals surface area contributed by atoms with Crippen molar-refractivity contribution in [3.8, 4) is 0 Å². The Balaban J connectivity index is 1.68. The van der Waals surface area contributed by atoms with Crippen molar-refractivity contribution >= 4 is 0 Å². The van der Waals surface area contributed by atoms with Crippen molar-refractivity contribution in [2.45, 2.75) is 38.6 Å². The third-order valence-corrected chi connectivity index (χ3v) is 3.83. The van der Waals surface area contributed by atoms with Crippen molar-refractivity contribution < 1.29 is 4.74 Å². The second kappa shape index (κ2) is 4.63. The number of ether oxygens (including phenoxy) is 1. The fourth-order valence-electron chi connectivity index (χ4n) is 2.96. The minimum Gasteiger partial charge on any atom is -0.384 e. The number of methoxy groups -OCH3 is 1. The van der Waals surface area contributed by atoms with Crippen LogP contribution in [0.25, 0.3) is 0 Å². The lowest BCUT2D eigenvalue weighted by Gasteiger charge is -2.45. The van der Waals surface area contributed by atoms with Gasteiger partial charge in [-0.05, 0) is 37.5 Å². The molecule has 0 atom stereocenters. The largest absolute Gasteiger partial charge is 0.384 e. The van der Waals surface area contributed by atoms with E-state index in [9.17, 15) is 0 Å². The average Bonchev–Trinajstić information content (AvgIpc) is 2.15. The Morgan fingerprint density at radius 1 is 1.14 bits per heavy atom. The molecule has 2 fully saturated rings. The highest BCUT2D eigenvalue weighted by atomic mass is 16.5. The molecule has 0 aromatic heterocycles. The maximum absolute atomic E-state index is 5.22. The van der Waals surface area contributed by atoms with Gasteiger partial charge in [0, 0.05) is 32.8 Å². The highest BCUT2D eigenvalue weighted by Gasteiger charge is 2.32. The van der Waals surface area contributed by atoms with Crippen molar-refractivity contribution in [3.05, 3.63) is 0 Å². The summed E-state index contributed by atoms with van der Waals surface area (Å²) < 4.78 is 5.22. The van der Waals surface area contributed by atoms with Gasteiger partial charge in [0.05, 0.1) is 0 Å². The molecule has 0 radical (unpaired) electrons. The second-order valence-electron chi connectivity index (χ2n) is 5.19. The highest BCUT2D eigenvalue weighted by Crippen LogP contribution is 2.31. The summed E-state index contributed by atoms with van der Waals surface area (Å²) in [6.07, 6.45) is 5.56. The first-order valence-electron chi connectivity index (χ1n) is 6.02. The van der Waals surface area contributed by atoms with E-state index in [1.165, 1.54) is 38.8 Å². The fraction of sp³-hybridized carbons (Fsp3) is 1.00. The van der Waals surface area contributed by atoms with Gasteiger partial charge in [-0.2, -0.15) is 0 Å². The summed E-state index contributed by atoms with van der Waals surface area (Å²) in [5.41, 5.74) is 0. The van der Waals surface area contributed by atoms with Crippen LogP contribution in [0.1, 0.15) is 32.6 Å². The van der Waals surface area contributed by atoms with Crippen LogP contribution < -0.4 is 0 Å². The van der Waals surface area contributed by atoms with Crippen LogP contribution in [0.5, 0.6) is 0 Å². The molecule has 0 spiro atoms. The monoisotopic (exact) mass is 197 g/mol. The Morgan fingerprint density at radius 2 is 1.79 bits per heavy atom. The summed E-state index contributed by atoms with van der Waals surface area (Å²) in [7, 11) is 1.82. The summed E-state index contributed by atoms with van der Waals surface area (Å²) >= 11 is 0. The molecule has 1 aliphatic heterocycles. The molecular formula is C12H23NO. The lowest BCUT2D eigenvalue weighted by atomic mass is 9.84. The first-order chi connectivity index (χ1) is 6.79. The number of hydrogen-bond acceptors (Lipinski definition) is 2. The van der Waals surface area contributed by atoms with Crippen molar-refractivity contribution in [2.24, 2.45) is 11.8 Å². The molecule has 1 saturated heterocycles. The minimum absolute atomic E-state index is 0.843. The van der Waals surface area contributed by atoms with Crippen LogP contribution in [0, 0.1) is 11.8 Å². The van der Waals surface area contributed by atoms with Gasteiger partial charge in [0.1, 0.15) is 0 Å². The fourth-order valence-corrected chi connectivity index (χ4v) is 2.96. The zero-order chi connectivity index (χ0) is 9.97. The molecule has 0 aromatic rings. The van der Waals surface area contributed by atoms with E-state index >= 15 is 0 Å². The molecule has 1 saturated carbocycles. The summed E-state index contributed by atoms with van der Waals surface area (Å²) in [6.45, 7) is 6.02. The average molecular weight is 197 g/mol. The van der Waals surface area contributed by atoms with Crippen molar-refractivity contribution in [1.29, 1.82) is 0 Å². The van der Waals surface area contributed by atoms with Gasteiger partial charge in [0.15, 0.2) is 0 Å². The molecule has 2 nitrogen and oxygen atoms in total. The summed E-state index contributed by atoms with van der Waals surface area (Å²) in [5.74, 6) is 1.79. The Morgan fingerprint density at radius 3 is 2.29 bits per heavy atom. The lowest BCUT2D eigenvalue weighted by molar-refractivity contribution is 0.0257. The quantitative estimate of drug-likeness (QED) is 0.687. The Kier molecular flexibility index (Phi) is 3.45. The normalized spacial score (nSPS) is 35.6. The SMILES string of the molecule is COCC1CCC(N2CC(C)C2)CC1. The van der Waals surface area contributed by atoms with Crippen LogP contribution in [0.4, 0.5) is 0 Å². The van der Waals surface area contributed by atoms with E-state index < -0.39 is 0 Å². The minimum atomic E-state index is 0.843. The van der Waals surface area contributed by atoms with Crippen LogP contribution >= 0.6 is 0 Å². The van der Waals surface area contributed by atoms with Crippen LogP contribution in [-0.2, 0) is 4.74 Å². The van der Waals surface area contributed by atoms with Crippen LogP contribution in [0.2, 0.25) is 0 Å². The van der Waals surface area contributed by atoms with E-state index in [0.29, 0.717) is 0 Å². The van der Waals surface area contributed by atoms with Crippen molar-refractivity contribution in [3.63, 3.8) is 0 Å². The zero-order valence-electron chi connectivity index (χ0n) is 9.54. The highest BCUT2D eigenvalue weighted by molar-refractivity contribution is 4.86. The molecule has 14 heavy (non-hydrogen) atoms. The number of nitrogens with zero attached hydrogens (tertiary/aromatic N) is 1. The number of hydrogen-bond donors (Lipinski definition) is 0. The van der Waals surface area contributed by atoms with Gasteiger partial charge in [0.25, 0.3) is 0 Å². The van der Waals surface area contributed by atoms with Gasteiger partial charge in [-0.3, -0.25) is 4.90 Å². The maximum Gasteiger partial charge on any atom is 0.0490 e. The van der Waals surface area contributed by atoms with E-state index in [1.54, 1.807) is 0 Å². The lowest BCUT2D eigenvalue weighted by Crippen LogP contribution is -2.52. The van der Waals surface area contributed by atoms with Gasteiger partial charge in [0.2, 0.25) is 0 Å². The molecule has 1 heterocycles. The van der Waals surface area contributed by atoms with Gasteiger partial charge >= 0.3 is 0 Å². The third kappa shape index (κ3) is 2.29. The maximum atomic E-state index is 5.22. The van der Waals surface area contributed by atoms with Gasteiger partial charge in [-0.1, -0.05) is 6.92 Å². The molecule has 0 bridgehead atoms. The first-order valence-corrected chi connectivity index (χ1v) is 6.02. The third-order valence-electron chi connectivity index (χ3n) is 3.83. The van der Waals surface area contributed by atoms with Crippen LogP contribution in [0.3, 0.4) is 0 Å². The van der Waals surface area contributed by atoms with E-state index in [-0.39, 0.29) is 0 Å². The molecular weight excluding hydrogens is 174 g/mol. The summed E-state index contributed by atoms with van der Waals surface area (Å²) in [4.78, 5) is 2.67.